The van der Waals surface area contributed by atoms with Crippen LogP contribution in [0.25, 0.3) is 0 Å². The summed E-state index contributed by atoms with van der Waals surface area (Å²) in [6.07, 6.45) is 20.6. The van der Waals surface area contributed by atoms with Crippen LogP contribution in [-0.2, 0) is 4.79 Å². The van der Waals surface area contributed by atoms with E-state index in [1.165, 1.54) is 83.5 Å². The first-order valence-corrected chi connectivity index (χ1v) is 9.95. The zero-order chi connectivity index (χ0) is 16.0. The Morgan fingerprint density at radius 3 is 1.00 bits per heavy atom. The van der Waals surface area contributed by atoms with Crippen molar-refractivity contribution in [3.63, 3.8) is 0 Å². The second kappa shape index (κ2) is 105. The first-order chi connectivity index (χ1) is 10.7. The molecule has 0 heterocycles. The fourth-order valence-corrected chi connectivity index (χ4v) is 4.10. The summed E-state index contributed by atoms with van der Waals surface area (Å²) >= 11 is 0. The average molecular weight is 631 g/mol. The van der Waals surface area contributed by atoms with E-state index in [0.717, 1.165) is 24.7 Å². The smallest absolute Gasteiger partial charge is 0.303 e. The quantitative estimate of drug-likeness (QED) is 0.194. The molecule has 2 nitrogen and oxygen atoms in total. The summed E-state index contributed by atoms with van der Waals surface area (Å²) in [5.74, 6) is 1.34. The zero-order valence-corrected chi connectivity index (χ0v) is 14.8. The molecule has 1 N–H and O–H groups in total. The van der Waals surface area contributed by atoms with Gasteiger partial charge in [0.15, 0.2) is 0 Å². The van der Waals surface area contributed by atoms with Gasteiger partial charge >= 0.3 is 5.97 Å². The minimum absolute atomic E-state index is 0. The molecule has 0 radical (unpaired) electrons. The lowest BCUT2D eigenvalue weighted by molar-refractivity contribution is -0.137. The molecule has 1 aliphatic rings. The number of hydrogen-bond acceptors (Lipinski definition) is 1. The normalized spacial score (nSPS) is 11.2. The van der Waals surface area contributed by atoms with Gasteiger partial charge in [-0.15, -0.1) is 0 Å². The van der Waals surface area contributed by atoms with Crippen LogP contribution in [0.5, 0.6) is 0 Å². The summed E-state index contributed by atoms with van der Waals surface area (Å²) in [4.78, 5) is 10.5. The standard InChI is InChI=1S/C20H38O2.20CH4/c1-2-3-4-5-6-9-13-18-15-12-16-19(18)14-10-7-8-11-17-20(21)22;;;;;;;;;;;;;;;;;;;;/h18-19H,2-17H2,1H3,(H,21,22);20*1H4/t18?,19-;;;;;;;;;;;;;;;;;;;;/m0..................../s1. The van der Waals surface area contributed by atoms with E-state index in [1.54, 1.807) is 0 Å². The molecule has 0 aliphatic heterocycles. The van der Waals surface area contributed by atoms with Crippen molar-refractivity contribution in [1.82, 2.24) is 0 Å². The summed E-state index contributed by atoms with van der Waals surface area (Å²) in [6.45, 7) is 2.28. The second-order valence-corrected chi connectivity index (χ2v) is 7.35. The van der Waals surface area contributed by atoms with Crippen molar-refractivity contribution in [3.8, 4) is 0 Å². The maximum Gasteiger partial charge on any atom is 0.303 e. The molecule has 0 aromatic carbocycles. The number of carbonyl (C=O) groups is 1. The van der Waals surface area contributed by atoms with E-state index >= 15 is 0 Å². The van der Waals surface area contributed by atoms with Gasteiger partial charge < -0.3 is 5.11 Å². The minimum Gasteiger partial charge on any atom is -0.481 e. The highest BCUT2D eigenvalue weighted by Crippen LogP contribution is 2.38. The highest BCUT2D eigenvalue weighted by molar-refractivity contribution is 5.66. The highest BCUT2D eigenvalue weighted by Gasteiger charge is 2.25. The van der Waals surface area contributed by atoms with Gasteiger partial charge in [-0.05, 0) is 18.3 Å². The molecule has 1 unspecified atom stereocenters. The van der Waals surface area contributed by atoms with Crippen molar-refractivity contribution < 1.29 is 9.90 Å². The molecule has 2 atom stereocenters. The molecular weight excluding hydrogens is 512 g/mol. The van der Waals surface area contributed by atoms with E-state index in [2.05, 4.69) is 6.92 Å². The topological polar surface area (TPSA) is 37.3 Å². The van der Waals surface area contributed by atoms with Crippen LogP contribution in [0.2, 0.25) is 0 Å². The Morgan fingerprint density at radius 2 is 0.714 bits per heavy atom. The van der Waals surface area contributed by atoms with Crippen LogP contribution in [0, 0.1) is 11.8 Å². The van der Waals surface area contributed by atoms with Crippen LogP contribution < -0.4 is 0 Å². The molecule has 2 heteroatoms. The lowest BCUT2D eigenvalue weighted by Crippen LogP contribution is -2.08. The number of carboxylic acid groups (broad SMARTS) is 1. The molecule has 1 rings (SSSR count). The Balaban J connectivity index is -0.0000000134. The molecule has 0 aromatic heterocycles. The van der Waals surface area contributed by atoms with Gasteiger partial charge in [0.2, 0.25) is 0 Å². The monoisotopic (exact) mass is 631 g/mol. The molecule has 0 bridgehead atoms. The second-order valence-electron chi connectivity index (χ2n) is 7.35. The molecule has 1 saturated carbocycles. The van der Waals surface area contributed by atoms with Gasteiger partial charge in [0.05, 0.1) is 0 Å². The van der Waals surface area contributed by atoms with Gasteiger partial charge in [-0.25, -0.2) is 0 Å². The summed E-state index contributed by atoms with van der Waals surface area (Å²) in [5, 5.41) is 8.63. The fraction of sp³-hybridized carbons (Fsp3) is 0.975. The lowest BCUT2D eigenvalue weighted by atomic mass is 9.86. The van der Waals surface area contributed by atoms with Crippen molar-refractivity contribution >= 4 is 5.97 Å². The van der Waals surface area contributed by atoms with Gasteiger partial charge in [-0.1, -0.05) is 245 Å². The summed E-state index contributed by atoms with van der Waals surface area (Å²) in [6, 6.07) is 0. The summed E-state index contributed by atoms with van der Waals surface area (Å²) in [7, 11) is 0. The van der Waals surface area contributed by atoms with Gasteiger partial charge in [0.1, 0.15) is 0 Å². The zero-order valence-electron chi connectivity index (χ0n) is 14.8. The van der Waals surface area contributed by atoms with E-state index in [1.807, 2.05) is 0 Å². The van der Waals surface area contributed by atoms with Gasteiger partial charge in [-0.2, -0.15) is 0 Å². The van der Waals surface area contributed by atoms with Crippen LogP contribution >= 0.6 is 0 Å². The Kier molecular flexibility index (Phi) is 369. The van der Waals surface area contributed by atoms with Crippen molar-refractivity contribution in [2.75, 3.05) is 0 Å². The maximum atomic E-state index is 10.5. The van der Waals surface area contributed by atoms with E-state index in [-0.39, 0.29) is 149 Å². The third-order valence-electron chi connectivity index (χ3n) is 5.46. The van der Waals surface area contributed by atoms with Crippen LogP contribution in [0.4, 0.5) is 0 Å². The van der Waals surface area contributed by atoms with E-state index in [0.29, 0.717) is 6.42 Å². The van der Waals surface area contributed by atoms with E-state index in [4.69, 9.17) is 5.11 Å². The average Bonchev–Trinajstić information content (AvgIpc) is 2.93. The largest absolute Gasteiger partial charge is 0.481 e. The van der Waals surface area contributed by atoms with Crippen molar-refractivity contribution in [2.45, 2.75) is 258 Å². The molecule has 1 aliphatic carbocycles. The Morgan fingerprint density at radius 1 is 0.452 bits per heavy atom. The molecule has 42 heavy (non-hydrogen) atoms. The Labute approximate surface area is 285 Å². The minimum atomic E-state index is -0.644. The lowest BCUT2D eigenvalue weighted by Gasteiger charge is -2.19. The van der Waals surface area contributed by atoms with E-state index < -0.39 is 5.97 Å². The van der Waals surface area contributed by atoms with Crippen LogP contribution in [-0.4, -0.2) is 11.1 Å². The van der Waals surface area contributed by atoms with E-state index in [9.17, 15) is 4.79 Å². The van der Waals surface area contributed by atoms with Crippen molar-refractivity contribution in [1.29, 1.82) is 0 Å². The first kappa shape index (κ1) is 147. The number of unbranched alkanes of at least 4 members (excludes halogenated alkanes) is 8. The first-order valence-electron chi connectivity index (χ1n) is 9.95. The molecular formula is C40H118O2. The summed E-state index contributed by atoms with van der Waals surface area (Å²) < 4.78 is 0. The van der Waals surface area contributed by atoms with Gasteiger partial charge in [-0.3, -0.25) is 4.79 Å². The van der Waals surface area contributed by atoms with Crippen LogP contribution in [0.3, 0.4) is 0 Å². The number of carboxylic acids is 1. The Hall–Kier alpha value is -0.530. The number of aliphatic carboxylic acids is 1. The highest BCUT2D eigenvalue weighted by atomic mass is 16.4. The summed E-state index contributed by atoms with van der Waals surface area (Å²) in [5.41, 5.74) is 0. The van der Waals surface area contributed by atoms with Crippen molar-refractivity contribution in [3.05, 3.63) is 0 Å². The number of rotatable bonds is 14. The SMILES string of the molecule is C.C.C.C.C.C.C.C.C.C.C.C.C.C.C.C.C.C.C.C.CCCCCCCCC1CCC[C@@H]1CCCCCCC(=O)O. The predicted octanol–water partition coefficient (Wildman–Crippen LogP) is 19.3. The Bertz CT molecular complexity index is 277. The fourth-order valence-electron chi connectivity index (χ4n) is 4.10. The molecule has 1 fully saturated rings. The molecule has 0 amide bonds. The van der Waals surface area contributed by atoms with Gasteiger partial charge in [0, 0.05) is 6.42 Å². The number of hydrogen-bond donors (Lipinski definition) is 1. The maximum absolute atomic E-state index is 10.5. The molecule has 0 saturated heterocycles. The molecule has 0 spiro atoms. The van der Waals surface area contributed by atoms with Crippen molar-refractivity contribution in [2.24, 2.45) is 11.8 Å². The predicted molar refractivity (Wildman–Crippen MR) is 229 cm³/mol. The van der Waals surface area contributed by atoms with Gasteiger partial charge in [0.25, 0.3) is 0 Å². The van der Waals surface area contributed by atoms with Crippen LogP contribution in [0.15, 0.2) is 0 Å². The third-order valence-corrected chi connectivity index (χ3v) is 5.46. The van der Waals surface area contributed by atoms with Crippen LogP contribution in [0.1, 0.15) is 258 Å². The molecule has 290 valence electrons. The third kappa shape index (κ3) is 83.4. The molecule has 0 aromatic rings.